The monoisotopic (exact) mass is 337 g/mol. The summed E-state index contributed by atoms with van der Waals surface area (Å²) in [6, 6.07) is 8.55. The Morgan fingerprint density at radius 3 is 2.72 bits per heavy atom. The number of nitrogens with one attached hydrogen (secondary N) is 1. The third kappa shape index (κ3) is 2.80. The van der Waals surface area contributed by atoms with E-state index in [0.717, 1.165) is 34.9 Å². The smallest absolute Gasteiger partial charge is 0.132 e. The number of anilines is 2. The molecule has 1 aromatic carbocycles. The van der Waals surface area contributed by atoms with Crippen LogP contribution in [0.15, 0.2) is 55.0 Å². The second-order valence-corrected chi connectivity index (χ2v) is 5.54. The van der Waals surface area contributed by atoms with Gasteiger partial charge in [0.05, 0.1) is 17.6 Å². The number of nitrogens with zero attached hydrogens (tertiary/aromatic N) is 4. The van der Waals surface area contributed by atoms with Gasteiger partial charge in [-0.05, 0) is 36.4 Å². The molecule has 0 saturated carbocycles. The quantitative estimate of drug-likeness (QED) is 0.613. The van der Waals surface area contributed by atoms with Crippen molar-refractivity contribution in [2.45, 2.75) is 0 Å². The standard InChI is InChI=1S/C18H13F2N5/c1-25-18-15(5-7-22-17(18)10-23-25)24-12-4-6-21-16(9-12)13-8-11(19)2-3-14(13)20/h2-10H,1H3,(H,21,22,24). The number of hydrogen-bond donors (Lipinski definition) is 1. The van der Waals surface area contributed by atoms with Gasteiger partial charge in [0.2, 0.25) is 0 Å². The van der Waals surface area contributed by atoms with E-state index in [1.807, 2.05) is 13.1 Å². The number of rotatable bonds is 3. The van der Waals surface area contributed by atoms with Crippen molar-refractivity contribution < 1.29 is 8.78 Å². The van der Waals surface area contributed by atoms with Crippen molar-refractivity contribution in [1.82, 2.24) is 19.7 Å². The molecule has 7 heteroatoms. The number of benzene rings is 1. The van der Waals surface area contributed by atoms with E-state index in [1.54, 1.807) is 35.4 Å². The lowest BCUT2D eigenvalue weighted by Crippen LogP contribution is -1.98. The van der Waals surface area contributed by atoms with Crippen molar-refractivity contribution in [2.24, 2.45) is 7.05 Å². The van der Waals surface area contributed by atoms with Gasteiger partial charge in [-0.2, -0.15) is 5.10 Å². The van der Waals surface area contributed by atoms with Gasteiger partial charge in [0.1, 0.15) is 22.7 Å². The van der Waals surface area contributed by atoms with E-state index in [2.05, 4.69) is 20.4 Å². The Labute approximate surface area is 142 Å². The summed E-state index contributed by atoms with van der Waals surface area (Å²) in [6.07, 6.45) is 4.91. The van der Waals surface area contributed by atoms with Crippen LogP contribution in [0.5, 0.6) is 0 Å². The lowest BCUT2D eigenvalue weighted by atomic mass is 10.1. The van der Waals surface area contributed by atoms with Crippen LogP contribution in [0.3, 0.4) is 0 Å². The number of fused-ring (bicyclic) bond motifs is 1. The first kappa shape index (κ1) is 15.2. The molecule has 0 saturated heterocycles. The van der Waals surface area contributed by atoms with Crippen LogP contribution in [0.2, 0.25) is 0 Å². The summed E-state index contributed by atoms with van der Waals surface area (Å²) in [5.74, 6) is -1.04. The highest BCUT2D eigenvalue weighted by Crippen LogP contribution is 2.28. The van der Waals surface area contributed by atoms with Crippen LogP contribution in [0.1, 0.15) is 0 Å². The second-order valence-electron chi connectivity index (χ2n) is 5.54. The Morgan fingerprint density at radius 2 is 1.84 bits per heavy atom. The predicted octanol–water partition coefficient (Wildman–Crippen LogP) is 4.05. The van der Waals surface area contributed by atoms with Crippen LogP contribution in [0.4, 0.5) is 20.2 Å². The average Bonchev–Trinajstić information content (AvgIpc) is 3.00. The fourth-order valence-electron chi connectivity index (χ4n) is 2.71. The molecule has 0 aliphatic carbocycles. The predicted molar refractivity (Wildman–Crippen MR) is 91.4 cm³/mol. The summed E-state index contributed by atoms with van der Waals surface area (Å²) in [5, 5.41) is 7.46. The second kappa shape index (κ2) is 5.94. The van der Waals surface area contributed by atoms with E-state index in [9.17, 15) is 8.78 Å². The minimum absolute atomic E-state index is 0.115. The molecule has 0 bridgehead atoms. The van der Waals surface area contributed by atoms with Crippen LogP contribution in [-0.4, -0.2) is 19.7 Å². The summed E-state index contributed by atoms with van der Waals surface area (Å²) in [6.45, 7) is 0. The van der Waals surface area contributed by atoms with Crippen LogP contribution >= 0.6 is 0 Å². The van der Waals surface area contributed by atoms with Gasteiger partial charge in [0.25, 0.3) is 0 Å². The maximum Gasteiger partial charge on any atom is 0.132 e. The van der Waals surface area contributed by atoms with Crippen molar-refractivity contribution in [1.29, 1.82) is 0 Å². The van der Waals surface area contributed by atoms with E-state index >= 15 is 0 Å². The summed E-state index contributed by atoms with van der Waals surface area (Å²) in [5.41, 5.74) is 3.57. The molecule has 4 aromatic rings. The SMILES string of the molecule is Cn1ncc2nccc(Nc3ccnc(-c4cc(F)ccc4F)c3)c21. The van der Waals surface area contributed by atoms with Gasteiger partial charge in [0.15, 0.2) is 0 Å². The molecule has 0 radical (unpaired) electrons. The number of aryl methyl sites for hydroxylation is 1. The van der Waals surface area contributed by atoms with E-state index in [0.29, 0.717) is 11.4 Å². The van der Waals surface area contributed by atoms with Crippen LogP contribution in [0, 0.1) is 11.6 Å². The molecular weight excluding hydrogens is 324 g/mol. The molecule has 25 heavy (non-hydrogen) atoms. The average molecular weight is 337 g/mol. The minimum atomic E-state index is -0.524. The Balaban J connectivity index is 1.75. The normalized spacial score (nSPS) is 11.0. The molecule has 1 N–H and O–H groups in total. The van der Waals surface area contributed by atoms with Gasteiger partial charge >= 0.3 is 0 Å². The Hall–Kier alpha value is -3.35. The van der Waals surface area contributed by atoms with Crippen LogP contribution in [0.25, 0.3) is 22.3 Å². The molecule has 0 unspecified atom stereocenters. The molecule has 0 aliphatic heterocycles. The highest BCUT2D eigenvalue weighted by Gasteiger charge is 2.11. The van der Waals surface area contributed by atoms with Crippen LogP contribution in [-0.2, 0) is 7.05 Å². The lowest BCUT2D eigenvalue weighted by molar-refractivity contribution is 0.602. The van der Waals surface area contributed by atoms with Crippen molar-refractivity contribution in [3.8, 4) is 11.3 Å². The first-order valence-electron chi connectivity index (χ1n) is 7.57. The first-order valence-corrected chi connectivity index (χ1v) is 7.57. The number of pyridine rings is 2. The van der Waals surface area contributed by atoms with Gasteiger partial charge < -0.3 is 5.32 Å². The van der Waals surface area contributed by atoms with E-state index in [1.165, 1.54) is 0 Å². The lowest BCUT2D eigenvalue weighted by Gasteiger charge is -2.10. The topological polar surface area (TPSA) is 55.6 Å². The van der Waals surface area contributed by atoms with Gasteiger partial charge in [-0.3, -0.25) is 14.6 Å². The Bertz CT molecular complexity index is 1070. The molecule has 0 amide bonds. The molecule has 124 valence electrons. The maximum atomic E-state index is 14.0. The molecule has 0 spiro atoms. The highest BCUT2D eigenvalue weighted by atomic mass is 19.1. The summed E-state index contributed by atoms with van der Waals surface area (Å²) >= 11 is 0. The van der Waals surface area contributed by atoms with Crippen LogP contribution < -0.4 is 5.32 Å². The molecule has 0 aliphatic rings. The van der Waals surface area contributed by atoms with Crippen molar-refractivity contribution in [3.05, 3.63) is 66.6 Å². The highest BCUT2D eigenvalue weighted by molar-refractivity contribution is 5.89. The summed E-state index contributed by atoms with van der Waals surface area (Å²) in [7, 11) is 1.83. The summed E-state index contributed by atoms with van der Waals surface area (Å²) in [4.78, 5) is 8.41. The molecule has 3 heterocycles. The first-order chi connectivity index (χ1) is 12.1. The fraction of sp³-hybridized carbons (Fsp3) is 0.0556. The summed E-state index contributed by atoms with van der Waals surface area (Å²) < 4.78 is 29.1. The molecule has 3 aromatic heterocycles. The van der Waals surface area contributed by atoms with Crippen molar-refractivity contribution >= 4 is 22.4 Å². The van der Waals surface area contributed by atoms with E-state index in [4.69, 9.17) is 0 Å². The van der Waals surface area contributed by atoms with Crippen molar-refractivity contribution in [2.75, 3.05) is 5.32 Å². The zero-order valence-corrected chi connectivity index (χ0v) is 13.2. The molecule has 0 fully saturated rings. The van der Waals surface area contributed by atoms with Gasteiger partial charge in [0, 0.05) is 30.7 Å². The Morgan fingerprint density at radius 1 is 1.00 bits per heavy atom. The Kier molecular flexibility index (Phi) is 3.61. The number of hydrogen-bond acceptors (Lipinski definition) is 4. The van der Waals surface area contributed by atoms with Crippen molar-refractivity contribution in [3.63, 3.8) is 0 Å². The van der Waals surface area contributed by atoms with Gasteiger partial charge in [-0.25, -0.2) is 8.78 Å². The number of halogens is 2. The van der Waals surface area contributed by atoms with Gasteiger partial charge in [-0.15, -0.1) is 0 Å². The fourth-order valence-corrected chi connectivity index (χ4v) is 2.71. The number of aromatic nitrogens is 4. The molecule has 0 atom stereocenters. The molecular formula is C18H13F2N5. The zero-order valence-electron chi connectivity index (χ0n) is 13.2. The van der Waals surface area contributed by atoms with Gasteiger partial charge in [-0.1, -0.05) is 0 Å². The largest absolute Gasteiger partial charge is 0.354 e. The minimum Gasteiger partial charge on any atom is -0.354 e. The molecule has 4 rings (SSSR count). The maximum absolute atomic E-state index is 14.0. The van der Waals surface area contributed by atoms with E-state index < -0.39 is 11.6 Å². The molecule has 5 nitrogen and oxygen atoms in total. The van der Waals surface area contributed by atoms with E-state index in [-0.39, 0.29) is 5.56 Å². The zero-order chi connectivity index (χ0) is 17.4. The third-order valence-electron chi connectivity index (χ3n) is 3.87. The third-order valence-corrected chi connectivity index (χ3v) is 3.87.